The van der Waals surface area contributed by atoms with Gasteiger partial charge in [0.05, 0.1) is 0 Å². The molecular formula is C17H20N4O3. The van der Waals surface area contributed by atoms with Crippen LogP contribution in [0.15, 0.2) is 30.6 Å². The molecule has 24 heavy (non-hydrogen) atoms. The van der Waals surface area contributed by atoms with Crippen LogP contribution in [0.25, 0.3) is 0 Å². The standard InChI is InChI=1S/C17H20N4O3/c1-11(2)5-6-18-16-8-13(19-9-20-16)17(22)21-12-3-4-14-15(7-12)24-10-23-14/h3-4,7-9,11H,5-6,10H2,1-2H3,(H,21,22)(H,18,19,20). The summed E-state index contributed by atoms with van der Waals surface area (Å²) >= 11 is 0. The molecule has 1 amide bonds. The van der Waals surface area contributed by atoms with Gasteiger partial charge in [-0.3, -0.25) is 4.79 Å². The minimum Gasteiger partial charge on any atom is -0.454 e. The van der Waals surface area contributed by atoms with Gasteiger partial charge in [0.25, 0.3) is 5.91 Å². The number of nitrogens with zero attached hydrogens (tertiary/aromatic N) is 2. The van der Waals surface area contributed by atoms with Crippen LogP contribution in [-0.4, -0.2) is 29.2 Å². The molecule has 0 bridgehead atoms. The van der Waals surface area contributed by atoms with E-state index in [1.54, 1.807) is 24.3 Å². The fourth-order valence-corrected chi connectivity index (χ4v) is 2.24. The monoisotopic (exact) mass is 328 g/mol. The third-order valence-corrected chi connectivity index (χ3v) is 3.56. The first-order valence-corrected chi connectivity index (χ1v) is 7.89. The van der Waals surface area contributed by atoms with Crippen LogP contribution < -0.4 is 20.1 Å². The van der Waals surface area contributed by atoms with E-state index < -0.39 is 0 Å². The number of carbonyl (C=O) groups is 1. The second kappa shape index (κ2) is 7.16. The maximum Gasteiger partial charge on any atom is 0.274 e. The Labute approximate surface area is 140 Å². The summed E-state index contributed by atoms with van der Waals surface area (Å²) in [6.45, 7) is 5.32. The lowest BCUT2D eigenvalue weighted by Gasteiger charge is -2.09. The molecule has 1 aromatic heterocycles. The smallest absolute Gasteiger partial charge is 0.274 e. The molecule has 7 heteroatoms. The SMILES string of the molecule is CC(C)CCNc1cc(C(=O)Nc2ccc3c(c2)OCO3)ncn1. The Morgan fingerprint density at radius 2 is 2.04 bits per heavy atom. The van der Waals surface area contributed by atoms with Crippen molar-refractivity contribution in [3.8, 4) is 11.5 Å². The first-order valence-electron chi connectivity index (χ1n) is 7.89. The van der Waals surface area contributed by atoms with E-state index >= 15 is 0 Å². The Hall–Kier alpha value is -2.83. The summed E-state index contributed by atoms with van der Waals surface area (Å²) in [6.07, 6.45) is 2.41. The highest BCUT2D eigenvalue weighted by Crippen LogP contribution is 2.34. The number of benzene rings is 1. The molecule has 3 rings (SSSR count). The highest BCUT2D eigenvalue weighted by atomic mass is 16.7. The van der Waals surface area contributed by atoms with Gasteiger partial charge in [-0.25, -0.2) is 9.97 Å². The van der Waals surface area contributed by atoms with Crippen molar-refractivity contribution in [3.63, 3.8) is 0 Å². The number of aromatic nitrogens is 2. The van der Waals surface area contributed by atoms with Crippen LogP contribution in [0.3, 0.4) is 0 Å². The van der Waals surface area contributed by atoms with Crippen molar-refractivity contribution in [1.82, 2.24) is 9.97 Å². The number of anilines is 2. The average Bonchev–Trinajstić information content (AvgIpc) is 3.02. The molecule has 0 unspecified atom stereocenters. The van der Waals surface area contributed by atoms with Gasteiger partial charge in [0.1, 0.15) is 17.8 Å². The van der Waals surface area contributed by atoms with E-state index in [0.29, 0.717) is 34.6 Å². The lowest BCUT2D eigenvalue weighted by Crippen LogP contribution is -2.15. The average molecular weight is 328 g/mol. The summed E-state index contributed by atoms with van der Waals surface area (Å²) in [5, 5.41) is 6.00. The van der Waals surface area contributed by atoms with E-state index in [4.69, 9.17) is 9.47 Å². The number of hydrogen-bond donors (Lipinski definition) is 2. The number of ether oxygens (including phenoxy) is 2. The molecule has 0 fully saturated rings. The van der Waals surface area contributed by atoms with E-state index in [2.05, 4.69) is 34.4 Å². The van der Waals surface area contributed by atoms with Gasteiger partial charge in [-0.1, -0.05) is 13.8 Å². The minimum absolute atomic E-state index is 0.198. The number of carbonyl (C=O) groups excluding carboxylic acids is 1. The van der Waals surface area contributed by atoms with E-state index in [0.717, 1.165) is 13.0 Å². The summed E-state index contributed by atoms with van der Waals surface area (Å²) in [7, 11) is 0. The summed E-state index contributed by atoms with van der Waals surface area (Å²) in [6, 6.07) is 6.89. The molecule has 0 saturated carbocycles. The Morgan fingerprint density at radius 3 is 2.88 bits per heavy atom. The van der Waals surface area contributed by atoms with Gasteiger partial charge in [-0.15, -0.1) is 0 Å². The van der Waals surface area contributed by atoms with Gasteiger partial charge in [-0.2, -0.15) is 0 Å². The van der Waals surface area contributed by atoms with Gasteiger partial charge in [0.15, 0.2) is 11.5 Å². The Morgan fingerprint density at radius 1 is 1.21 bits per heavy atom. The summed E-state index contributed by atoms with van der Waals surface area (Å²) in [5.74, 6) is 2.23. The third-order valence-electron chi connectivity index (χ3n) is 3.56. The molecular weight excluding hydrogens is 308 g/mol. The molecule has 0 saturated heterocycles. The van der Waals surface area contributed by atoms with Gasteiger partial charge in [-0.05, 0) is 24.5 Å². The second-order valence-electron chi connectivity index (χ2n) is 5.92. The van der Waals surface area contributed by atoms with Crippen molar-refractivity contribution in [2.45, 2.75) is 20.3 Å². The van der Waals surface area contributed by atoms with Crippen molar-refractivity contribution in [2.75, 3.05) is 24.0 Å². The summed E-state index contributed by atoms with van der Waals surface area (Å²) in [5.41, 5.74) is 0.923. The minimum atomic E-state index is -0.303. The lowest BCUT2D eigenvalue weighted by atomic mass is 10.1. The topological polar surface area (TPSA) is 85.4 Å². The molecule has 0 atom stereocenters. The van der Waals surface area contributed by atoms with Gasteiger partial charge in [0.2, 0.25) is 6.79 Å². The van der Waals surface area contributed by atoms with Crippen LogP contribution in [0, 0.1) is 5.92 Å². The van der Waals surface area contributed by atoms with Crippen LogP contribution in [-0.2, 0) is 0 Å². The number of nitrogens with one attached hydrogen (secondary N) is 2. The van der Waals surface area contributed by atoms with Crippen molar-refractivity contribution in [3.05, 3.63) is 36.3 Å². The zero-order chi connectivity index (χ0) is 16.9. The Bertz CT molecular complexity index is 734. The predicted molar refractivity (Wildman–Crippen MR) is 90.5 cm³/mol. The fourth-order valence-electron chi connectivity index (χ4n) is 2.24. The summed E-state index contributed by atoms with van der Waals surface area (Å²) in [4.78, 5) is 20.5. The maximum atomic E-state index is 12.3. The van der Waals surface area contributed by atoms with Gasteiger partial charge in [0, 0.05) is 24.4 Å². The van der Waals surface area contributed by atoms with E-state index in [1.807, 2.05) is 0 Å². The largest absolute Gasteiger partial charge is 0.454 e. The highest BCUT2D eigenvalue weighted by Gasteiger charge is 2.15. The van der Waals surface area contributed by atoms with Crippen LogP contribution in [0.2, 0.25) is 0 Å². The van der Waals surface area contributed by atoms with Crippen LogP contribution in [0.1, 0.15) is 30.8 Å². The molecule has 7 nitrogen and oxygen atoms in total. The molecule has 1 aliphatic heterocycles. The van der Waals surface area contributed by atoms with Crippen molar-refractivity contribution < 1.29 is 14.3 Å². The third kappa shape index (κ3) is 3.92. The molecule has 1 aromatic carbocycles. The van der Waals surface area contributed by atoms with Gasteiger partial charge < -0.3 is 20.1 Å². The highest BCUT2D eigenvalue weighted by molar-refractivity contribution is 6.03. The van der Waals surface area contributed by atoms with E-state index in [9.17, 15) is 4.79 Å². The predicted octanol–water partition coefficient (Wildman–Crippen LogP) is 2.92. The zero-order valence-corrected chi connectivity index (χ0v) is 13.7. The molecule has 0 spiro atoms. The molecule has 0 radical (unpaired) electrons. The maximum absolute atomic E-state index is 12.3. The molecule has 2 heterocycles. The van der Waals surface area contributed by atoms with E-state index in [1.165, 1.54) is 6.33 Å². The Balaban J connectivity index is 1.64. The van der Waals surface area contributed by atoms with Crippen molar-refractivity contribution in [2.24, 2.45) is 5.92 Å². The van der Waals surface area contributed by atoms with Crippen molar-refractivity contribution in [1.29, 1.82) is 0 Å². The molecule has 1 aliphatic rings. The second-order valence-corrected chi connectivity index (χ2v) is 5.92. The van der Waals surface area contributed by atoms with Crippen LogP contribution >= 0.6 is 0 Å². The molecule has 126 valence electrons. The van der Waals surface area contributed by atoms with Crippen LogP contribution in [0.4, 0.5) is 11.5 Å². The quantitative estimate of drug-likeness (QED) is 0.848. The normalized spacial score (nSPS) is 12.3. The first kappa shape index (κ1) is 16.0. The molecule has 2 aromatic rings. The first-order chi connectivity index (χ1) is 11.6. The number of hydrogen-bond acceptors (Lipinski definition) is 6. The Kier molecular flexibility index (Phi) is 4.79. The van der Waals surface area contributed by atoms with E-state index in [-0.39, 0.29) is 12.7 Å². The number of amides is 1. The lowest BCUT2D eigenvalue weighted by molar-refractivity contribution is 0.102. The number of rotatable bonds is 6. The van der Waals surface area contributed by atoms with Crippen LogP contribution in [0.5, 0.6) is 11.5 Å². The fraction of sp³-hybridized carbons (Fsp3) is 0.353. The molecule has 2 N–H and O–H groups in total. The molecule has 0 aliphatic carbocycles. The summed E-state index contributed by atoms with van der Waals surface area (Å²) < 4.78 is 10.5. The number of fused-ring (bicyclic) bond motifs is 1. The van der Waals surface area contributed by atoms with Gasteiger partial charge >= 0.3 is 0 Å². The zero-order valence-electron chi connectivity index (χ0n) is 13.7. The van der Waals surface area contributed by atoms with Crippen molar-refractivity contribution >= 4 is 17.4 Å².